The third kappa shape index (κ3) is 6.08. The van der Waals surface area contributed by atoms with Gasteiger partial charge < -0.3 is 5.32 Å². The summed E-state index contributed by atoms with van der Waals surface area (Å²) in [5.41, 5.74) is 3.67. The van der Waals surface area contributed by atoms with E-state index in [1.54, 1.807) is 54.6 Å². The van der Waals surface area contributed by atoms with Crippen LogP contribution in [0.15, 0.2) is 78.9 Å². The Kier molecular flexibility index (Phi) is 8.71. The Labute approximate surface area is 254 Å². The molecular weight excluding hydrogens is 568 g/mol. The topological polar surface area (TPSA) is 83.6 Å². The van der Waals surface area contributed by atoms with E-state index in [0.29, 0.717) is 33.5 Å². The molecule has 1 aliphatic rings. The van der Waals surface area contributed by atoms with Crippen molar-refractivity contribution < 1.29 is 19.2 Å². The van der Waals surface area contributed by atoms with E-state index in [4.69, 9.17) is 11.6 Å². The number of rotatable bonds is 10. The molecule has 1 aliphatic heterocycles. The van der Waals surface area contributed by atoms with E-state index in [1.807, 2.05) is 0 Å². The van der Waals surface area contributed by atoms with Gasteiger partial charge in [-0.25, -0.2) is 0 Å². The summed E-state index contributed by atoms with van der Waals surface area (Å²) in [6.45, 7) is 5.90. The Hall–Kier alpha value is -4.07. The van der Waals surface area contributed by atoms with Gasteiger partial charge in [0.1, 0.15) is 11.0 Å². The minimum Gasteiger partial charge on any atom is -0.315 e. The normalized spacial score (nSPS) is 13.4. The summed E-state index contributed by atoms with van der Waals surface area (Å²) >= 11 is 7.66. The minimum atomic E-state index is -1.09. The fraction of sp³-hybridized carbons (Fsp3) is 0.235. The lowest BCUT2D eigenvalue weighted by Gasteiger charge is -2.21. The molecule has 0 spiro atoms. The summed E-state index contributed by atoms with van der Waals surface area (Å²) in [4.78, 5) is 54.8. The molecule has 1 N–H and O–H groups in total. The molecule has 0 bridgehead atoms. The zero-order valence-corrected chi connectivity index (χ0v) is 25.2. The first-order chi connectivity index (χ1) is 20.1. The SMILES string of the molecule is CC(C)Cc1ccc(CCc2cc(C(=O)c3ccccc3Cl)c(NC(=O)[C@H](C)N3C(=O)c4ccccc4C3=O)s2)cc1. The Morgan fingerprint density at radius 1 is 0.810 bits per heavy atom. The van der Waals surface area contributed by atoms with E-state index in [9.17, 15) is 19.2 Å². The van der Waals surface area contributed by atoms with Crippen LogP contribution in [-0.2, 0) is 24.1 Å². The van der Waals surface area contributed by atoms with Crippen LogP contribution in [0.5, 0.6) is 0 Å². The smallest absolute Gasteiger partial charge is 0.262 e. The molecule has 1 aromatic heterocycles. The zero-order valence-electron chi connectivity index (χ0n) is 23.6. The first kappa shape index (κ1) is 29.4. The number of carbonyl (C=O) groups excluding carboxylic acids is 4. The molecule has 0 saturated carbocycles. The van der Waals surface area contributed by atoms with Crippen molar-refractivity contribution in [3.05, 3.63) is 122 Å². The summed E-state index contributed by atoms with van der Waals surface area (Å²) in [7, 11) is 0. The van der Waals surface area contributed by atoms with Crippen LogP contribution in [0, 0.1) is 5.92 Å². The number of hydrogen-bond donors (Lipinski definition) is 1. The summed E-state index contributed by atoms with van der Waals surface area (Å²) < 4.78 is 0. The average Bonchev–Trinajstić information content (AvgIpc) is 3.49. The number of nitrogens with zero attached hydrogens (tertiary/aromatic N) is 1. The van der Waals surface area contributed by atoms with Crippen molar-refractivity contribution in [2.24, 2.45) is 5.92 Å². The fourth-order valence-corrected chi connectivity index (χ4v) is 6.37. The maximum Gasteiger partial charge on any atom is 0.262 e. The Morgan fingerprint density at radius 3 is 2.02 bits per heavy atom. The molecule has 5 rings (SSSR count). The second-order valence-electron chi connectivity index (χ2n) is 10.9. The Morgan fingerprint density at radius 2 is 1.40 bits per heavy atom. The van der Waals surface area contributed by atoms with E-state index < -0.39 is 23.8 Å². The predicted octanol–water partition coefficient (Wildman–Crippen LogP) is 7.24. The standard InChI is InChI=1S/C34H31ClN2O4S/c1-20(2)18-23-14-12-22(13-15-23)16-17-24-19-28(30(38)27-10-6-7-11-29(27)35)32(42-24)36-31(39)21(3)37-33(40)25-8-4-5-9-26(25)34(37)41/h4-15,19-21H,16-18H2,1-3H3,(H,36,39)/t21-/m0/s1. The lowest BCUT2D eigenvalue weighted by Crippen LogP contribution is -2.45. The van der Waals surface area contributed by atoms with E-state index in [2.05, 4.69) is 43.4 Å². The van der Waals surface area contributed by atoms with Gasteiger partial charge in [0.15, 0.2) is 5.78 Å². The molecule has 3 amide bonds. The number of hydrogen-bond acceptors (Lipinski definition) is 5. The number of imide groups is 1. The highest BCUT2D eigenvalue weighted by atomic mass is 35.5. The van der Waals surface area contributed by atoms with Crippen LogP contribution in [-0.4, -0.2) is 34.4 Å². The van der Waals surface area contributed by atoms with Crippen LogP contribution in [0.3, 0.4) is 0 Å². The fourth-order valence-electron chi connectivity index (χ4n) is 5.09. The number of benzene rings is 3. The second-order valence-corrected chi connectivity index (χ2v) is 12.4. The first-order valence-corrected chi connectivity index (χ1v) is 15.1. The van der Waals surface area contributed by atoms with Gasteiger partial charge in [-0.3, -0.25) is 24.1 Å². The summed E-state index contributed by atoms with van der Waals surface area (Å²) in [5, 5.41) is 3.51. The highest BCUT2D eigenvalue weighted by Gasteiger charge is 2.41. The molecule has 0 fully saturated rings. The largest absolute Gasteiger partial charge is 0.315 e. The number of fused-ring (bicyclic) bond motifs is 1. The third-order valence-electron chi connectivity index (χ3n) is 7.30. The maximum absolute atomic E-state index is 13.6. The van der Waals surface area contributed by atoms with E-state index in [-0.39, 0.29) is 16.9 Å². The molecule has 4 aromatic rings. The highest BCUT2D eigenvalue weighted by Crippen LogP contribution is 2.33. The second kappa shape index (κ2) is 12.4. The van der Waals surface area contributed by atoms with Crippen LogP contribution in [0.25, 0.3) is 0 Å². The van der Waals surface area contributed by atoms with Crippen molar-refractivity contribution >= 4 is 51.4 Å². The van der Waals surface area contributed by atoms with Gasteiger partial charge in [0, 0.05) is 10.4 Å². The molecule has 0 saturated heterocycles. The van der Waals surface area contributed by atoms with Crippen LogP contribution in [0.4, 0.5) is 5.00 Å². The number of nitrogens with one attached hydrogen (secondary N) is 1. The monoisotopic (exact) mass is 598 g/mol. The molecule has 42 heavy (non-hydrogen) atoms. The molecule has 0 unspecified atom stereocenters. The van der Waals surface area contributed by atoms with Crippen molar-refractivity contribution in [2.75, 3.05) is 5.32 Å². The number of anilines is 1. The molecule has 2 heterocycles. The number of halogens is 1. The molecule has 6 nitrogen and oxygen atoms in total. The van der Waals surface area contributed by atoms with Gasteiger partial charge in [-0.1, -0.05) is 74.0 Å². The van der Waals surface area contributed by atoms with Crippen molar-refractivity contribution in [1.29, 1.82) is 0 Å². The highest BCUT2D eigenvalue weighted by molar-refractivity contribution is 7.16. The van der Waals surface area contributed by atoms with Gasteiger partial charge in [0.05, 0.1) is 21.7 Å². The van der Waals surface area contributed by atoms with Crippen LogP contribution in [0.2, 0.25) is 5.02 Å². The quantitative estimate of drug-likeness (QED) is 0.154. The van der Waals surface area contributed by atoms with Gasteiger partial charge in [-0.15, -0.1) is 11.3 Å². The lowest BCUT2D eigenvalue weighted by atomic mass is 10.00. The molecule has 0 aliphatic carbocycles. The lowest BCUT2D eigenvalue weighted by molar-refractivity contribution is -0.119. The van der Waals surface area contributed by atoms with Crippen molar-refractivity contribution in [1.82, 2.24) is 4.90 Å². The predicted molar refractivity (Wildman–Crippen MR) is 167 cm³/mol. The van der Waals surface area contributed by atoms with Crippen molar-refractivity contribution in [3.8, 4) is 0 Å². The van der Waals surface area contributed by atoms with Gasteiger partial charge >= 0.3 is 0 Å². The maximum atomic E-state index is 13.6. The van der Waals surface area contributed by atoms with Gasteiger partial charge in [-0.05, 0) is 73.6 Å². The number of ketones is 1. The van der Waals surface area contributed by atoms with Gasteiger partial charge in [-0.2, -0.15) is 0 Å². The minimum absolute atomic E-state index is 0.271. The van der Waals surface area contributed by atoms with Gasteiger partial charge in [0.25, 0.3) is 11.8 Å². The third-order valence-corrected chi connectivity index (χ3v) is 8.74. The number of aryl methyl sites for hydroxylation is 2. The van der Waals surface area contributed by atoms with Crippen LogP contribution < -0.4 is 5.32 Å². The Balaban J connectivity index is 1.38. The molecular formula is C34H31ClN2O4S. The number of amides is 3. The average molecular weight is 599 g/mol. The van der Waals surface area contributed by atoms with E-state index >= 15 is 0 Å². The van der Waals surface area contributed by atoms with Crippen molar-refractivity contribution in [3.63, 3.8) is 0 Å². The van der Waals surface area contributed by atoms with E-state index in [1.165, 1.54) is 29.4 Å². The molecule has 8 heteroatoms. The van der Waals surface area contributed by atoms with Crippen LogP contribution >= 0.6 is 22.9 Å². The summed E-state index contributed by atoms with van der Waals surface area (Å²) in [6.07, 6.45) is 2.46. The Bertz CT molecular complexity index is 1640. The molecule has 214 valence electrons. The summed E-state index contributed by atoms with van der Waals surface area (Å²) in [6, 6.07) is 22.6. The summed E-state index contributed by atoms with van der Waals surface area (Å²) in [5.74, 6) is -1.32. The number of thiophene rings is 1. The molecule has 1 atom stereocenters. The molecule has 3 aromatic carbocycles. The van der Waals surface area contributed by atoms with Crippen LogP contribution in [0.1, 0.15) is 73.4 Å². The van der Waals surface area contributed by atoms with Crippen molar-refractivity contribution in [2.45, 2.75) is 46.1 Å². The molecule has 0 radical (unpaired) electrons. The zero-order chi connectivity index (χ0) is 30.0. The van der Waals surface area contributed by atoms with E-state index in [0.717, 1.165) is 22.6 Å². The first-order valence-electron chi connectivity index (χ1n) is 13.9. The van der Waals surface area contributed by atoms with Gasteiger partial charge in [0.2, 0.25) is 5.91 Å². The number of carbonyl (C=O) groups is 4.